The van der Waals surface area contributed by atoms with Crippen LogP contribution in [0.5, 0.6) is 5.75 Å². The molecule has 0 unspecified atom stereocenters. The fourth-order valence-electron chi connectivity index (χ4n) is 3.19. The zero-order valence-corrected chi connectivity index (χ0v) is 16.1. The molecule has 1 amide bonds. The minimum absolute atomic E-state index is 0.0135. The number of ether oxygens (including phenoxy) is 1. The number of anilines is 1. The Morgan fingerprint density at radius 2 is 1.90 bits per heavy atom. The van der Waals surface area contributed by atoms with Crippen LogP contribution >= 0.6 is 0 Å². The van der Waals surface area contributed by atoms with Crippen molar-refractivity contribution < 1.29 is 13.9 Å². The van der Waals surface area contributed by atoms with Crippen molar-refractivity contribution >= 4 is 22.6 Å². The van der Waals surface area contributed by atoms with Gasteiger partial charge in [-0.25, -0.2) is 9.37 Å². The molecule has 30 heavy (non-hydrogen) atoms. The van der Waals surface area contributed by atoms with Crippen molar-refractivity contribution in [2.45, 2.75) is 6.54 Å². The number of hydrogen-bond acceptors (Lipinski definition) is 4. The Bertz CT molecular complexity index is 1280. The second kappa shape index (κ2) is 8.16. The standard InChI is InChI=1S/C23H18FN3O3/c1-30-19-6-2-5-18(13-19)26-22(28)20-12-16-4-3-11-25-21(16)27(23(20)29)14-15-7-9-17(24)10-8-15/h2-13H,14H2,1H3,(H,26,28). The molecule has 0 spiro atoms. The van der Waals surface area contributed by atoms with Crippen LogP contribution in [0.3, 0.4) is 0 Å². The lowest BCUT2D eigenvalue weighted by Crippen LogP contribution is -2.30. The van der Waals surface area contributed by atoms with E-state index in [0.717, 1.165) is 5.56 Å². The molecule has 0 atom stereocenters. The van der Waals surface area contributed by atoms with Gasteiger partial charge in [0.2, 0.25) is 0 Å². The van der Waals surface area contributed by atoms with Crippen LogP contribution in [0.15, 0.2) is 77.7 Å². The van der Waals surface area contributed by atoms with Gasteiger partial charge in [0, 0.05) is 23.3 Å². The number of fused-ring (bicyclic) bond motifs is 1. The van der Waals surface area contributed by atoms with E-state index in [9.17, 15) is 14.0 Å². The molecule has 150 valence electrons. The molecule has 2 aromatic carbocycles. The second-order valence-corrected chi connectivity index (χ2v) is 6.68. The van der Waals surface area contributed by atoms with E-state index in [1.54, 1.807) is 54.7 Å². The average molecular weight is 403 g/mol. The number of pyridine rings is 2. The number of nitrogens with one attached hydrogen (secondary N) is 1. The highest BCUT2D eigenvalue weighted by Crippen LogP contribution is 2.18. The maximum Gasteiger partial charge on any atom is 0.265 e. The smallest absolute Gasteiger partial charge is 0.265 e. The molecule has 0 radical (unpaired) electrons. The molecule has 0 saturated carbocycles. The van der Waals surface area contributed by atoms with Gasteiger partial charge in [0.25, 0.3) is 11.5 Å². The highest BCUT2D eigenvalue weighted by Gasteiger charge is 2.17. The van der Waals surface area contributed by atoms with Crippen LogP contribution in [0.2, 0.25) is 0 Å². The van der Waals surface area contributed by atoms with Gasteiger partial charge < -0.3 is 10.1 Å². The van der Waals surface area contributed by atoms with Gasteiger partial charge in [0.1, 0.15) is 22.8 Å². The topological polar surface area (TPSA) is 73.2 Å². The Morgan fingerprint density at radius 1 is 1.10 bits per heavy atom. The van der Waals surface area contributed by atoms with E-state index in [1.807, 2.05) is 0 Å². The maximum atomic E-state index is 13.2. The molecular weight excluding hydrogens is 385 g/mol. The highest BCUT2D eigenvalue weighted by atomic mass is 19.1. The van der Waals surface area contributed by atoms with E-state index < -0.39 is 11.5 Å². The number of carbonyl (C=O) groups is 1. The largest absolute Gasteiger partial charge is 0.497 e. The van der Waals surface area contributed by atoms with Gasteiger partial charge in [0.15, 0.2) is 0 Å². The zero-order valence-electron chi connectivity index (χ0n) is 16.1. The number of halogens is 1. The number of nitrogens with zero attached hydrogens (tertiary/aromatic N) is 2. The first-order valence-electron chi connectivity index (χ1n) is 9.23. The van der Waals surface area contributed by atoms with Crippen LogP contribution < -0.4 is 15.6 Å². The van der Waals surface area contributed by atoms with Gasteiger partial charge in [-0.2, -0.15) is 0 Å². The Hall–Kier alpha value is -4.00. The molecule has 0 aliphatic carbocycles. The number of hydrogen-bond donors (Lipinski definition) is 1. The van der Waals surface area contributed by atoms with Gasteiger partial charge in [-0.3, -0.25) is 14.2 Å². The monoisotopic (exact) mass is 403 g/mol. The summed E-state index contributed by atoms with van der Waals surface area (Å²) in [4.78, 5) is 30.4. The van der Waals surface area contributed by atoms with Gasteiger partial charge in [-0.1, -0.05) is 18.2 Å². The fourth-order valence-corrected chi connectivity index (χ4v) is 3.19. The lowest BCUT2D eigenvalue weighted by molar-refractivity contribution is 0.102. The van der Waals surface area contributed by atoms with Crippen molar-refractivity contribution in [1.82, 2.24) is 9.55 Å². The van der Waals surface area contributed by atoms with Crippen LogP contribution in [0.25, 0.3) is 11.0 Å². The first kappa shape index (κ1) is 19.3. The number of carbonyl (C=O) groups excluding carboxylic acids is 1. The average Bonchev–Trinajstić information content (AvgIpc) is 2.77. The second-order valence-electron chi connectivity index (χ2n) is 6.68. The van der Waals surface area contributed by atoms with E-state index in [0.29, 0.717) is 22.5 Å². The Labute approximate surface area is 171 Å². The minimum atomic E-state index is -0.535. The van der Waals surface area contributed by atoms with E-state index in [1.165, 1.54) is 29.9 Å². The molecular formula is C23H18FN3O3. The summed E-state index contributed by atoms with van der Waals surface area (Å²) in [6, 6.07) is 17.8. The Morgan fingerprint density at radius 3 is 2.67 bits per heavy atom. The Balaban J connectivity index is 1.76. The molecule has 4 aromatic rings. The fraction of sp³-hybridized carbons (Fsp3) is 0.0870. The van der Waals surface area contributed by atoms with Gasteiger partial charge in [0.05, 0.1) is 13.7 Å². The number of aromatic nitrogens is 2. The Kier molecular flexibility index (Phi) is 5.26. The minimum Gasteiger partial charge on any atom is -0.497 e. The summed E-state index contributed by atoms with van der Waals surface area (Å²) in [7, 11) is 1.53. The molecule has 7 heteroatoms. The summed E-state index contributed by atoms with van der Waals surface area (Å²) in [5.41, 5.74) is 1.18. The SMILES string of the molecule is COc1cccc(NC(=O)c2cc3cccnc3n(Cc3ccc(F)cc3)c2=O)c1. The normalized spacial score (nSPS) is 10.7. The van der Waals surface area contributed by atoms with Crippen LogP contribution in [0, 0.1) is 5.82 Å². The summed E-state index contributed by atoms with van der Waals surface area (Å²) < 4.78 is 19.8. The molecule has 0 fully saturated rings. The van der Waals surface area contributed by atoms with Crippen molar-refractivity contribution in [3.8, 4) is 5.75 Å². The summed E-state index contributed by atoms with van der Waals surface area (Å²) in [6.07, 6.45) is 1.58. The summed E-state index contributed by atoms with van der Waals surface area (Å²) in [5.74, 6) is -0.309. The molecule has 1 N–H and O–H groups in total. The molecule has 0 aliphatic rings. The molecule has 4 rings (SSSR count). The third-order valence-electron chi connectivity index (χ3n) is 4.67. The first-order chi connectivity index (χ1) is 14.5. The van der Waals surface area contributed by atoms with Crippen molar-refractivity contribution in [1.29, 1.82) is 0 Å². The van der Waals surface area contributed by atoms with Gasteiger partial charge in [-0.15, -0.1) is 0 Å². The van der Waals surface area contributed by atoms with E-state index in [2.05, 4.69) is 10.3 Å². The van der Waals surface area contributed by atoms with Crippen molar-refractivity contribution in [2.75, 3.05) is 12.4 Å². The molecule has 0 aliphatic heterocycles. The van der Waals surface area contributed by atoms with Crippen LogP contribution in [0.4, 0.5) is 10.1 Å². The molecule has 2 heterocycles. The molecule has 6 nitrogen and oxygen atoms in total. The maximum absolute atomic E-state index is 13.2. The number of benzene rings is 2. The van der Waals surface area contributed by atoms with E-state index in [4.69, 9.17) is 4.74 Å². The summed E-state index contributed by atoms with van der Waals surface area (Å²) in [5, 5.41) is 3.38. The predicted octanol–water partition coefficient (Wildman–Crippen LogP) is 3.84. The quantitative estimate of drug-likeness (QED) is 0.549. The van der Waals surface area contributed by atoms with E-state index in [-0.39, 0.29) is 17.9 Å². The highest BCUT2D eigenvalue weighted by molar-refractivity contribution is 6.05. The van der Waals surface area contributed by atoms with Crippen LogP contribution in [0.1, 0.15) is 15.9 Å². The zero-order chi connectivity index (χ0) is 21.1. The van der Waals surface area contributed by atoms with Crippen molar-refractivity contribution in [3.05, 3.63) is 100 Å². The van der Waals surface area contributed by atoms with Crippen molar-refractivity contribution in [3.63, 3.8) is 0 Å². The predicted molar refractivity (Wildman–Crippen MR) is 112 cm³/mol. The first-order valence-corrected chi connectivity index (χ1v) is 9.23. The summed E-state index contributed by atoms with van der Waals surface area (Å²) >= 11 is 0. The van der Waals surface area contributed by atoms with Crippen LogP contribution in [-0.2, 0) is 6.54 Å². The molecule has 0 bridgehead atoms. The lowest BCUT2D eigenvalue weighted by atomic mass is 10.1. The number of methoxy groups -OCH3 is 1. The van der Waals surface area contributed by atoms with Gasteiger partial charge >= 0.3 is 0 Å². The number of rotatable bonds is 5. The van der Waals surface area contributed by atoms with Crippen molar-refractivity contribution in [2.24, 2.45) is 0 Å². The van der Waals surface area contributed by atoms with E-state index >= 15 is 0 Å². The number of amides is 1. The third-order valence-corrected chi connectivity index (χ3v) is 4.67. The third kappa shape index (κ3) is 3.91. The van der Waals surface area contributed by atoms with Crippen LogP contribution in [-0.4, -0.2) is 22.6 Å². The molecule has 2 aromatic heterocycles. The summed E-state index contributed by atoms with van der Waals surface area (Å²) in [6.45, 7) is 0.160. The lowest BCUT2D eigenvalue weighted by Gasteiger charge is -2.13. The van der Waals surface area contributed by atoms with Gasteiger partial charge in [-0.05, 0) is 48.0 Å². The molecule has 0 saturated heterocycles.